The Balaban J connectivity index is 2.67. The summed E-state index contributed by atoms with van der Waals surface area (Å²) >= 11 is 0. The molecule has 0 aliphatic rings. The fourth-order valence-electron chi connectivity index (χ4n) is 1.59. The van der Waals surface area contributed by atoms with E-state index in [0.717, 1.165) is 31.5 Å². The average molecular weight is 223 g/mol. The zero-order valence-electron chi connectivity index (χ0n) is 10.4. The fourth-order valence-corrected chi connectivity index (χ4v) is 1.59. The summed E-state index contributed by atoms with van der Waals surface area (Å²) in [6.45, 7) is 5.35. The van der Waals surface area contributed by atoms with Gasteiger partial charge in [-0.15, -0.1) is 5.10 Å². The number of hydrogen-bond donors (Lipinski definition) is 1. The maximum Gasteiger partial charge on any atom is 0.233 e. The molecular formula is C12H21N3O. The lowest BCUT2D eigenvalue weighted by molar-refractivity contribution is 0.388. The van der Waals surface area contributed by atoms with Crippen molar-refractivity contribution in [2.24, 2.45) is 0 Å². The zero-order valence-corrected chi connectivity index (χ0v) is 10.4. The van der Waals surface area contributed by atoms with Crippen LogP contribution < -0.4 is 10.1 Å². The third-order valence-electron chi connectivity index (χ3n) is 2.44. The zero-order chi connectivity index (χ0) is 11.8. The van der Waals surface area contributed by atoms with Gasteiger partial charge < -0.3 is 10.1 Å². The lowest BCUT2D eigenvalue weighted by atomic mass is 10.1. The Kier molecular flexibility index (Phi) is 5.78. The summed E-state index contributed by atoms with van der Waals surface area (Å²) in [5, 5.41) is 11.7. The first-order valence-electron chi connectivity index (χ1n) is 5.92. The van der Waals surface area contributed by atoms with E-state index in [1.807, 2.05) is 12.1 Å². The number of ether oxygens (including phenoxy) is 1. The molecule has 0 radical (unpaired) electrons. The molecule has 0 aromatic carbocycles. The Morgan fingerprint density at radius 2 is 2.06 bits per heavy atom. The minimum Gasteiger partial charge on any atom is -0.480 e. The van der Waals surface area contributed by atoms with Gasteiger partial charge in [0.15, 0.2) is 0 Å². The molecule has 0 saturated heterocycles. The highest BCUT2D eigenvalue weighted by molar-refractivity contribution is 5.14. The Labute approximate surface area is 97.4 Å². The van der Waals surface area contributed by atoms with Gasteiger partial charge >= 0.3 is 0 Å². The second-order valence-corrected chi connectivity index (χ2v) is 3.80. The number of nitrogens with zero attached hydrogens (tertiary/aromatic N) is 2. The minimum atomic E-state index is 0.309. The molecule has 0 saturated carbocycles. The van der Waals surface area contributed by atoms with Crippen molar-refractivity contribution in [3.63, 3.8) is 0 Å². The number of aromatic nitrogens is 2. The molecule has 0 spiro atoms. The highest BCUT2D eigenvalue weighted by atomic mass is 16.5. The smallest absolute Gasteiger partial charge is 0.233 e. The van der Waals surface area contributed by atoms with Crippen molar-refractivity contribution < 1.29 is 4.74 Å². The van der Waals surface area contributed by atoms with E-state index >= 15 is 0 Å². The van der Waals surface area contributed by atoms with Crippen LogP contribution in [-0.2, 0) is 0 Å². The summed E-state index contributed by atoms with van der Waals surface area (Å²) in [5.41, 5.74) is 0.996. The molecule has 0 aliphatic heterocycles. The Hall–Kier alpha value is -1.16. The summed E-state index contributed by atoms with van der Waals surface area (Å²) in [4.78, 5) is 0. The summed E-state index contributed by atoms with van der Waals surface area (Å²) < 4.78 is 5.00. The van der Waals surface area contributed by atoms with Gasteiger partial charge in [-0.05, 0) is 25.5 Å². The van der Waals surface area contributed by atoms with Crippen LogP contribution in [0.1, 0.15) is 44.8 Å². The highest BCUT2D eigenvalue weighted by Gasteiger charge is 2.11. The predicted octanol–water partition coefficient (Wildman–Crippen LogP) is 2.33. The summed E-state index contributed by atoms with van der Waals surface area (Å²) in [6, 6.07) is 4.15. The van der Waals surface area contributed by atoms with Crippen LogP contribution >= 0.6 is 0 Å². The highest BCUT2D eigenvalue weighted by Crippen LogP contribution is 2.17. The van der Waals surface area contributed by atoms with E-state index in [-0.39, 0.29) is 0 Å². The molecule has 4 heteroatoms. The van der Waals surface area contributed by atoms with Crippen molar-refractivity contribution in [1.82, 2.24) is 15.5 Å². The molecule has 1 aromatic rings. The molecule has 0 amide bonds. The predicted molar refractivity (Wildman–Crippen MR) is 64.5 cm³/mol. The molecule has 0 aliphatic carbocycles. The Bertz CT molecular complexity index is 287. The van der Waals surface area contributed by atoms with Gasteiger partial charge in [-0.3, -0.25) is 0 Å². The summed E-state index contributed by atoms with van der Waals surface area (Å²) in [6.07, 6.45) is 3.35. The van der Waals surface area contributed by atoms with Gasteiger partial charge in [-0.1, -0.05) is 20.3 Å². The van der Waals surface area contributed by atoms with Crippen molar-refractivity contribution in [1.29, 1.82) is 0 Å². The second kappa shape index (κ2) is 7.17. The van der Waals surface area contributed by atoms with Crippen LogP contribution in [0.25, 0.3) is 0 Å². The molecule has 0 fully saturated rings. The minimum absolute atomic E-state index is 0.309. The van der Waals surface area contributed by atoms with E-state index in [0.29, 0.717) is 11.9 Å². The van der Waals surface area contributed by atoms with Crippen LogP contribution in [0.3, 0.4) is 0 Å². The van der Waals surface area contributed by atoms with Gasteiger partial charge in [0.25, 0.3) is 0 Å². The lowest BCUT2D eigenvalue weighted by Gasteiger charge is -2.16. The molecule has 0 bridgehead atoms. The number of nitrogens with one attached hydrogen (secondary N) is 1. The van der Waals surface area contributed by atoms with Crippen LogP contribution in [0, 0.1) is 0 Å². The SMILES string of the molecule is CCCNC(CCC)c1ccc(OC)nn1. The molecular weight excluding hydrogens is 202 g/mol. The van der Waals surface area contributed by atoms with Gasteiger partial charge in [-0.25, -0.2) is 0 Å². The first-order chi connectivity index (χ1) is 7.81. The van der Waals surface area contributed by atoms with Gasteiger partial charge in [0.2, 0.25) is 5.88 Å². The number of methoxy groups -OCH3 is 1. The van der Waals surface area contributed by atoms with E-state index in [1.165, 1.54) is 0 Å². The van der Waals surface area contributed by atoms with Crippen LogP contribution in [0.15, 0.2) is 12.1 Å². The van der Waals surface area contributed by atoms with Gasteiger partial charge in [0, 0.05) is 6.07 Å². The van der Waals surface area contributed by atoms with Crippen LogP contribution in [-0.4, -0.2) is 23.9 Å². The van der Waals surface area contributed by atoms with Gasteiger partial charge in [0.05, 0.1) is 18.8 Å². The first kappa shape index (κ1) is 12.9. The lowest BCUT2D eigenvalue weighted by Crippen LogP contribution is -2.23. The molecule has 4 nitrogen and oxygen atoms in total. The third kappa shape index (κ3) is 3.77. The van der Waals surface area contributed by atoms with Crippen molar-refractivity contribution >= 4 is 0 Å². The van der Waals surface area contributed by atoms with E-state index in [2.05, 4.69) is 29.4 Å². The molecule has 1 N–H and O–H groups in total. The van der Waals surface area contributed by atoms with Gasteiger partial charge in [0.1, 0.15) is 0 Å². The standard InChI is InChI=1S/C12H21N3O/c1-4-6-10(13-9-5-2)11-7-8-12(16-3)15-14-11/h7-8,10,13H,4-6,9H2,1-3H3. The Morgan fingerprint density at radius 3 is 2.56 bits per heavy atom. The van der Waals surface area contributed by atoms with Crippen molar-refractivity contribution in [2.75, 3.05) is 13.7 Å². The third-order valence-corrected chi connectivity index (χ3v) is 2.44. The van der Waals surface area contributed by atoms with Crippen molar-refractivity contribution in [3.8, 4) is 5.88 Å². The molecule has 1 heterocycles. The van der Waals surface area contributed by atoms with E-state index < -0.39 is 0 Å². The molecule has 1 atom stereocenters. The molecule has 90 valence electrons. The topological polar surface area (TPSA) is 47.0 Å². The molecule has 1 rings (SSSR count). The van der Waals surface area contributed by atoms with Crippen LogP contribution in [0.2, 0.25) is 0 Å². The number of rotatable bonds is 7. The van der Waals surface area contributed by atoms with Crippen molar-refractivity contribution in [2.45, 2.75) is 39.2 Å². The van der Waals surface area contributed by atoms with E-state index in [1.54, 1.807) is 7.11 Å². The average Bonchev–Trinajstić information content (AvgIpc) is 2.35. The largest absolute Gasteiger partial charge is 0.480 e. The van der Waals surface area contributed by atoms with E-state index in [4.69, 9.17) is 4.74 Å². The molecule has 16 heavy (non-hydrogen) atoms. The van der Waals surface area contributed by atoms with Gasteiger partial charge in [-0.2, -0.15) is 5.10 Å². The number of hydrogen-bond acceptors (Lipinski definition) is 4. The van der Waals surface area contributed by atoms with Crippen LogP contribution in [0.4, 0.5) is 0 Å². The second-order valence-electron chi connectivity index (χ2n) is 3.80. The fraction of sp³-hybridized carbons (Fsp3) is 0.667. The molecule has 1 unspecified atom stereocenters. The van der Waals surface area contributed by atoms with E-state index in [9.17, 15) is 0 Å². The summed E-state index contributed by atoms with van der Waals surface area (Å²) in [5.74, 6) is 0.564. The Morgan fingerprint density at radius 1 is 1.25 bits per heavy atom. The quantitative estimate of drug-likeness (QED) is 0.770. The summed E-state index contributed by atoms with van der Waals surface area (Å²) in [7, 11) is 1.60. The maximum atomic E-state index is 5.00. The normalized spacial score (nSPS) is 12.4. The maximum absolute atomic E-state index is 5.00. The monoisotopic (exact) mass is 223 g/mol. The molecule has 1 aromatic heterocycles. The van der Waals surface area contributed by atoms with Crippen molar-refractivity contribution in [3.05, 3.63) is 17.8 Å². The first-order valence-corrected chi connectivity index (χ1v) is 5.92. The van der Waals surface area contributed by atoms with Crippen LogP contribution in [0.5, 0.6) is 5.88 Å².